The first-order valence-electron chi connectivity index (χ1n) is 16.3. The zero-order chi connectivity index (χ0) is 34.4. The number of fused-ring (bicyclic) bond motifs is 1. The van der Waals surface area contributed by atoms with E-state index in [1.54, 1.807) is 50.1 Å². The molecule has 1 aromatic carbocycles. The number of likely N-dealkylation sites (tertiary alicyclic amines) is 2. The highest BCUT2D eigenvalue weighted by molar-refractivity contribution is 6.25. The molecule has 14 nitrogen and oxygen atoms in total. The molecule has 0 saturated carbocycles. The quantitative estimate of drug-likeness (QED) is 0.442. The van der Waals surface area contributed by atoms with Gasteiger partial charge in [0, 0.05) is 69.4 Å². The first-order chi connectivity index (χ1) is 22.7. The van der Waals surface area contributed by atoms with E-state index in [-0.39, 0.29) is 55.9 Å². The Labute approximate surface area is 276 Å². The van der Waals surface area contributed by atoms with Crippen LogP contribution in [-0.4, -0.2) is 104 Å². The summed E-state index contributed by atoms with van der Waals surface area (Å²) in [6.45, 7) is 6.62. The molecular formula is C33H40FN7O7. The van der Waals surface area contributed by atoms with Gasteiger partial charge in [-0.1, -0.05) is 6.07 Å². The van der Waals surface area contributed by atoms with Crippen molar-refractivity contribution < 1.29 is 37.9 Å². The lowest BCUT2D eigenvalue weighted by Gasteiger charge is -2.40. The van der Waals surface area contributed by atoms with Gasteiger partial charge in [0.2, 0.25) is 11.8 Å². The zero-order valence-corrected chi connectivity index (χ0v) is 27.3. The largest absolute Gasteiger partial charge is 0.444 e. The highest BCUT2D eigenvalue weighted by atomic mass is 19.1. The van der Waals surface area contributed by atoms with Crippen molar-refractivity contribution in [1.82, 2.24) is 29.8 Å². The Morgan fingerprint density at radius 1 is 1.02 bits per heavy atom. The number of amides is 6. The molecule has 256 valence electrons. The Balaban J connectivity index is 1.02. The van der Waals surface area contributed by atoms with Gasteiger partial charge in [-0.15, -0.1) is 0 Å². The Hall–Kier alpha value is -4.82. The first kappa shape index (κ1) is 33.1. The van der Waals surface area contributed by atoms with E-state index in [9.17, 15) is 28.8 Å². The van der Waals surface area contributed by atoms with Gasteiger partial charge in [-0.3, -0.25) is 38.9 Å². The summed E-state index contributed by atoms with van der Waals surface area (Å²) < 4.78 is 23.0. The maximum atomic E-state index is 15.8. The van der Waals surface area contributed by atoms with Crippen LogP contribution in [0.15, 0.2) is 30.6 Å². The molecule has 3 saturated heterocycles. The number of carbonyl (C=O) groups is 6. The molecule has 0 spiro atoms. The van der Waals surface area contributed by atoms with Crippen molar-refractivity contribution in [2.75, 3.05) is 31.5 Å². The van der Waals surface area contributed by atoms with Crippen LogP contribution in [-0.2, 0) is 25.7 Å². The summed E-state index contributed by atoms with van der Waals surface area (Å²) in [6, 6.07) is 3.85. The first-order valence-corrected chi connectivity index (χ1v) is 16.3. The minimum atomic E-state index is -2.02. The van der Waals surface area contributed by atoms with Crippen LogP contribution in [0.3, 0.4) is 0 Å². The van der Waals surface area contributed by atoms with Crippen LogP contribution in [0.25, 0.3) is 0 Å². The molecule has 4 aliphatic rings. The predicted molar refractivity (Wildman–Crippen MR) is 168 cm³/mol. The number of benzene rings is 1. The second-order valence-corrected chi connectivity index (χ2v) is 13.8. The molecule has 1 atom stereocenters. The summed E-state index contributed by atoms with van der Waals surface area (Å²) >= 11 is 0. The van der Waals surface area contributed by atoms with Gasteiger partial charge in [-0.05, 0) is 52.2 Å². The maximum absolute atomic E-state index is 15.8. The van der Waals surface area contributed by atoms with Crippen LogP contribution in [0.4, 0.5) is 14.9 Å². The van der Waals surface area contributed by atoms with E-state index < -0.39 is 52.9 Å². The Morgan fingerprint density at radius 3 is 2.40 bits per heavy atom. The molecule has 1 aromatic heterocycles. The molecule has 15 heteroatoms. The van der Waals surface area contributed by atoms with E-state index in [4.69, 9.17) is 4.74 Å². The molecule has 0 radical (unpaired) electrons. The van der Waals surface area contributed by atoms with E-state index in [0.29, 0.717) is 38.2 Å². The summed E-state index contributed by atoms with van der Waals surface area (Å²) in [4.78, 5) is 80.0. The molecular weight excluding hydrogens is 625 g/mol. The third-order valence-corrected chi connectivity index (χ3v) is 9.32. The number of carbonyl (C=O) groups excluding carboxylic acids is 6. The van der Waals surface area contributed by atoms with Crippen LogP contribution >= 0.6 is 0 Å². The minimum Gasteiger partial charge on any atom is -0.444 e. The normalized spacial score (nSPS) is 21.7. The van der Waals surface area contributed by atoms with Gasteiger partial charge < -0.3 is 19.9 Å². The second-order valence-electron chi connectivity index (χ2n) is 13.8. The van der Waals surface area contributed by atoms with Gasteiger partial charge >= 0.3 is 6.09 Å². The molecule has 5 heterocycles. The minimum absolute atomic E-state index is 0.00892. The van der Waals surface area contributed by atoms with Crippen molar-refractivity contribution in [3.05, 3.63) is 47.3 Å². The Kier molecular flexibility index (Phi) is 8.73. The lowest BCUT2D eigenvalue weighted by atomic mass is 9.90. The molecule has 1 unspecified atom stereocenters. The number of imide groups is 2. The molecule has 4 aliphatic heterocycles. The Morgan fingerprint density at radius 2 is 1.73 bits per heavy atom. The van der Waals surface area contributed by atoms with Crippen molar-refractivity contribution in [2.45, 2.75) is 89.2 Å². The lowest BCUT2D eigenvalue weighted by molar-refractivity contribution is -0.148. The van der Waals surface area contributed by atoms with E-state index in [1.807, 2.05) is 10.9 Å². The van der Waals surface area contributed by atoms with Crippen LogP contribution in [0.1, 0.15) is 91.6 Å². The van der Waals surface area contributed by atoms with Gasteiger partial charge in [0.1, 0.15) is 11.6 Å². The van der Waals surface area contributed by atoms with E-state index in [1.165, 1.54) is 4.90 Å². The molecule has 0 bridgehead atoms. The Bertz CT molecular complexity index is 1650. The summed E-state index contributed by atoms with van der Waals surface area (Å²) in [5, 5.41) is 9.93. The van der Waals surface area contributed by atoms with Gasteiger partial charge in [0.05, 0.1) is 23.4 Å². The molecule has 3 fully saturated rings. The number of hydrogen-bond donors (Lipinski definition) is 2. The average Bonchev–Trinajstić information content (AvgIpc) is 3.62. The number of nitrogens with one attached hydrogen (secondary N) is 2. The highest BCUT2D eigenvalue weighted by Crippen LogP contribution is 2.34. The van der Waals surface area contributed by atoms with Crippen LogP contribution in [0, 0.1) is 0 Å². The van der Waals surface area contributed by atoms with Crippen molar-refractivity contribution in [2.24, 2.45) is 0 Å². The molecule has 6 rings (SSSR count). The molecule has 2 N–H and O–H groups in total. The number of piperidine rings is 3. The number of halogens is 1. The number of anilines is 1. The third kappa shape index (κ3) is 6.49. The van der Waals surface area contributed by atoms with E-state index in [0.717, 1.165) is 10.5 Å². The maximum Gasteiger partial charge on any atom is 0.410 e. The molecule has 48 heavy (non-hydrogen) atoms. The molecule has 6 amide bonds. The SMILES string of the molecule is CC(C)(C)OC(=O)N1CCC(F)(C(=O)N2CCC(n3cc(CNc4cccc5c4C(=O)N(C4CCC(=O)NC4=O)C5=O)cn3)CC2)CC1. The van der Waals surface area contributed by atoms with Crippen LogP contribution < -0.4 is 10.6 Å². The van der Waals surface area contributed by atoms with E-state index >= 15 is 4.39 Å². The van der Waals surface area contributed by atoms with E-state index in [2.05, 4.69) is 15.7 Å². The number of nitrogens with zero attached hydrogens (tertiary/aromatic N) is 5. The van der Waals surface area contributed by atoms with Crippen molar-refractivity contribution in [3.63, 3.8) is 0 Å². The summed E-state index contributed by atoms with van der Waals surface area (Å²) in [5.41, 5.74) is -1.03. The lowest BCUT2D eigenvalue weighted by Crippen LogP contribution is -2.55. The number of hydrogen-bond acceptors (Lipinski definition) is 9. The molecule has 0 aliphatic carbocycles. The number of aromatic nitrogens is 2. The highest BCUT2D eigenvalue weighted by Gasteiger charge is 2.47. The predicted octanol–water partition coefficient (Wildman–Crippen LogP) is 2.80. The van der Waals surface area contributed by atoms with Crippen molar-refractivity contribution in [1.29, 1.82) is 0 Å². The summed E-state index contributed by atoms with van der Waals surface area (Å²) in [5.74, 6) is -2.79. The number of rotatable bonds is 6. The fourth-order valence-electron chi connectivity index (χ4n) is 6.73. The number of alkyl halides is 1. The molecule has 2 aromatic rings. The van der Waals surface area contributed by atoms with Crippen molar-refractivity contribution in [3.8, 4) is 0 Å². The van der Waals surface area contributed by atoms with Crippen LogP contribution in [0.2, 0.25) is 0 Å². The monoisotopic (exact) mass is 665 g/mol. The van der Waals surface area contributed by atoms with Gasteiger partial charge in [-0.2, -0.15) is 5.10 Å². The standard InChI is InChI=1S/C33H40FN7O7/c1-32(2,3)48-31(47)39-15-11-33(34,12-16-39)30(46)38-13-9-21(10-14-38)40-19-20(18-36-40)17-35-23-6-4-5-22-26(23)29(45)41(28(22)44)24-7-8-25(42)37-27(24)43/h4-6,18-19,21,24,35H,7-17H2,1-3H3,(H,37,42,43). The number of ether oxygens (including phenoxy) is 1. The topological polar surface area (TPSA) is 163 Å². The van der Waals surface area contributed by atoms with Crippen LogP contribution in [0.5, 0.6) is 0 Å². The fraction of sp³-hybridized carbons (Fsp3) is 0.545. The smallest absolute Gasteiger partial charge is 0.410 e. The zero-order valence-electron chi connectivity index (χ0n) is 27.3. The van der Waals surface area contributed by atoms with Gasteiger partial charge in [-0.25, -0.2) is 9.18 Å². The second kappa shape index (κ2) is 12.7. The van der Waals surface area contributed by atoms with Gasteiger partial charge in [0.15, 0.2) is 5.67 Å². The third-order valence-electron chi connectivity index (χ3n) is 9.32. The van der Waals surface area contributed by atoms with Gasteiger partial charge in [0.25, 0.3) is 17.7 Å². The summed E-state index contributed by atoms with van der Waals surface area (Å²) in [6.07, 6.45) is 4.25. The fourth-order valence-corrected chi connectivity index (χ4v) is 6.73. The van der Waals surface area contributed by atoms with Crippen molar-refractivity contribution >= 4 is 41.3 Å². The average molecular weight is 666 g/mol. The summed E-state index contributed by atoms with van der Waals surface area (Å²) in [7, 11) is 0.